The molecule has 0 spiro atoms. The van der Waals surface area contributed by atoms with Crippen molar-refractivity contribution in [3.63, 3.8) is 0 Å². The van der Waals surface area contributed by atoms with Crippen LogP contribution in [0.25, 0.3) is 0 Å². The summed E-state index contributed by atoms with van der Waals surface area (Å²) in [5, 5.41) is 0. The number of Topliss-reactive ketones (excluding diaryl/α,β-unsaturated/α-hetero) is 1. The van der Waals surface area contributed by atoms with Crippen LogP contribution >= 0.6 is 15.9 Å². The van der Waals surface area contributed by atoms with Crippen LogP contribution in [0, 0.1) is 5.41 Å². The second-order valence-corrected chi connectivity index (χ2v) is 5.01. The number of rotatable bonds is 4. The fourth-order valence-electron chi connectivity index (χ4n) is 1.67. The normalized spacial score (nSPS) is 17.5. The molecule has 0 bridgehead atoms. The summed E-state index contributed by atoms with van der Waals surface area (Å²) in [5.41, 5.74) is 6.35. The number of nitrogens with zero attached hydrogens (tertiary/aromatic N) is 1. The molecule has 0 saturated heterocycles. The van der Waals surface area contributed by atoms with Gasteiger partial charge in [-0.2, -0.15) is 0 Å². The van der Waals surface area contributed by atoms with Crippen LogP contribution < -0.4 is 5.73 Å². The first kappa shape index (κ1) is 10.8. The van der Waals surface area contributed by atoms with Gasteiger partial charge >= 0.3 is 0 Å². The number of carbonyl (C=O) groups excluding carboxylic acids is 1. The van der Waals surface area contributed by atoms with Gasteiger partial charge in [0.05, 0.1) is 0 Å². The van der Waals surface area contributed by atoms with E-state index < -0.39 is 0 Å². The van der Waals surface area contributed by atoms with E-state index in [9.17, 15) is 4.79 Å². The molecule has 0 aromatic carbocycles. The Kier molecular flexibility index (Phi) is 2.89. The molecule has 2 N–H and O–H groups in total. The third-order valence-electron chi connectivity index (χ3n) is 2.96. The topological polar surface area (TPSA) is 56.0 Å². The van der Waals surface area contributed by atoms with Gasteiger partial charge in [-0.25, -0.2) is 0 Å². The van der Waals surface area contributed by atoms with Gasteiger partial charge in [0.25, 0.3) is 0 Å². The molecule has 15 heavy (non-hydrogen) atoms. The molecule has 0 radical (unpaired) electrons. The van der Waals surface area contributed by atoms with E-state index in [0.29, 0.717) is 13.0 Å². The molecule has 1 aromatic rings. The number of nitrogens with two attached hydrogens (primary N) is 1. The van der Waals surface area contributed by atoms with E-state index in [2.05, 4.69) is 20.9 Å². The summed E-state index contributed by atoms with van der Waals surface area (Å²) in [6.07, 6.45) is 5.79. The maximum Gasteiger partial charge on any atom is 0.144 e. The molecule has 0 amide bonds. The summed E-state index contributed by atoms with van der Waals surface area (Å²) >= 11 is 3.34. The first-order valence-corrected chi connectivity index (χ1v) is 5.78. The average molecular weight is 269 g/mol. The Morgan fingerprint density at radius 1 is 1.53 bits per heavy atom. The summed E-state index contributed by atoms with van der Waals surface area (Å²) < 4.78 is 0.908. The second-order valence-electron chi connectivity index (χ2n) is 4.10. The van der Waals surface area contributed by atoms with Gasteiger partial charge in [0.15, 0.2) is 0 Å². The fourth-order valence-corrected chi connectivity index (χ4v) is 2.09. The van der Waals surface area contributed by atoms with Gasteiger partial charge in [0, 0.05) is 35.2 Å². The van der Waals surface area contributed by atoms with Crippen LogP contribution in [0.15, 0.2) is 22.9 Å². The molecule has 80 valence electrons. The highest BCUT2D eigenvalue weighted by Gasteiger charge is 2.47. The van der Waals surface area contributed by atoms with Crippen LogP contribution in [0.4, 0.5) is 0 Å². The molecule has 3 nitrogen and oxygen atoms in total. The maximum atomic E-state index is 11.9. The number of ketones is 1. The predicted octanol–water partition coefficient (Wildman–Crippen LogP) is 1.69. The number of aromatic nitrogens is 1. The van der Waals surface area contributed by atoms with Crippen LogP contribution in [0.5, 0.6) is 0 Å². The third kappa shape index (κ3) is 2.26. The zero-order valence-electron chi connectivity index (χ0n) is 8.37. The van der Waals surface area contributed by atoms with Gasteiger partial charge in [-0.3, -0.25) is 9.78 Å². The fraction of sp³-hybridized carbons (Fsp3) is 0.455. The molecule has 1 aliphatic carbocycles. The standard InChI is InChI=1S/C11H13BrN2O/c12-9-3-8(5-14-6-9)4-10(15)11(7-13)1-2-11/h3,5-6H,1-2,4,7,13H2. The summed E-state index contributed by atoms with van der Waals surface area (Å²) in [5.74, 6) is 0.255. The van der Waals surface area contributed by atoms with Crippen LogP contribution in [0.3, 0.4) is 0 Å². The SMILES string of the molecule is NCC1(C(=O)Cc2cncc(Br)c2)CC1. The summed E-state index contributed by atoms with van der Waals surface area (Å²) in [6, 6.07) is 1.93. The Bertz CT molecular complexity index is 388. The van der Waals surface area contributed by atoms with Gasteiger partial charge in [-0.1, -0.05) is 0 Å². The lowest BCUT2D eigenvalue weighted by Crippen LogP contribution is -2.26. The maximum absolute atomic E-state index is 11.9. The smallest absolute Gasteiger partial charge is 0.144 e. The van der Waals surface area contributed by atoms with E-state index in [1.807, 2.05) is 6.07 Å². The number of halogens is 1. The number of carbonyl (C=O) groups is 1. The van der Waals surface area contributed by atoms with Crippen molar-refractivity contribution in [1.82, 2.24) is 4.98 Å². The number of hydrogen-bond donors (Lipinski definition) is 1. The highest BCUT2D eigenvalue weighted by Crippen LogP contribution is 2.46. The Labute approximate surface area is 97.2 Å². The Morgan fingerprint density at radius 2 is 2.27 bits per heavy atom. The van der Waals surface area contributed by atoms with Gasteiger partial charge in [0.2, 0.25) is 0 Å². The van der Waals surface area contributed by atoms with Gasteiger partial charge in [0.1, 0.15) is 5.78 Å². The van der Waals surface area contributed by atoms with E-state index in [-0.39, 0.29) is 11.2 Å². The molecule has 1 aromatic heterocycles. The largest absolute Gasteiger partial charge is 0.329 e. The lowest BCUT2D eigenvalue weighted by atomic mass is 9.96. The van der Waals surface area contributed by atoms with Crippen molar-refractivity contribution in [3.8, 4) is 0 Å². The summed E-state index contributed by atoms with van der Waals surface area (Å²) in [6.45, 7) is 0.479. The predicted molar refractivity (Wildman–Crippen MR) is 61.4 cm³/mol. The third-order valence-corrected chi connectivity index (χ3v) is 3.40. The highest BCUT2D eigenvalue weighted by molar-refractivity contribution is 9.10. The van der Waals surface area contributed by atoms with Crippen molar-refractivity contribution in [3.05, 3.63) is 28.5 Å². The number of pyridine rings is 1. The van der Waals surface area contributed by atoms with Gasteiger partial charge < -0.3 is 5.73 Å². The molecule has 0 unspecified atom stereocenters. The van der Waals surface area contributed by atoms with Crippen molar-refractivity contribution < 1.29 is 4.79 Å². The van der Waals surface area contributed by atoms with Crippen molar-refractivity contribution in [2.45, 2.75) is 19.3 Å². The van der Waals surface area contributed by atoms with E-state index in [4.69, 9.17) is 5.73 Å². The van der Waals surface area contributed by atoms with Crippen LogP contribution in [0.1, 0.15) is 18.4 Å². The lowest BCUT2D eigenvalue weighted by molar-refractivity contribution is -0.123. The minimum absolute atomic E-state index is 0.206. The minimum Gasteiger partial charge on any atom is -0.329 e. The van der Waals surface area contributed by atoms with Gasteiger partial charge in [-0.15, -0.1) is 0 Å². The average Bonchev–Trinajstić information content (AvgIpc) is 2.98. The Morgan fingerprint density at radius 3 is 2.80 bits per heavy atom. The van der Waals surface area contributed by atoms with Crippen molar-refractivity contribution >= 4 is 21.7 Å². The van der Waals surface area contributed by atoms with E-state index in [1.165, 1.54) is 0 Å². The van der Waals surface area contributed by atoms with Crippen molar-refractivity contribution in [1.29, 1.82) is 0 Å². The summed E-state index contributed by atoms with van der Waals surface area (Å²) in [7, 11) is 0. The molecular formula is C11H13BrN2O. The van der Waals surface area contributed by atoms with E-state index >= 15 is 0 Å². The summed E-state index contributed by atoms with van der Waals surface area (Å²) in [4.78, 5) is 16.0. The zero-order valence-corrected chi connectivity index (χ0v) is 9.96. The van der Waals surface area contributed by atoms with Crippen molar-refractivity contribution in [2.24, 2.45) is 11.1 Å². The quantitative estimate of drug-likeness (QED) is 0.905. The lowest BCUT2D eigenvalue weighted by Gasteiger charge is -2.10. The van der Waals surface area contributed by atoms with Crippen molar-refractivity contribution in [2.75, 3.05) is 6.54 Å². The molecule has 0 atom stereocenters. The monoisotopic (exact) mass is 268 g/mol. The zero-order chi connectivity index (χ0) is 10.9. The molecule has 0 aliphatic heterocycles. The van der Waals surface area contributed by atoms with Crippen LogP contribution in [-0.4, -0.2) is 17.3 Å². The molecule has 1 saturated carbocycles. The molecular weight excluding hydrogens is 256 g/mol. The molecule has 1 heterocycles. The molecule has 1 fully saturated rings. The molecule has 4 heteroatoms. The molecule has 1 aliphatic rings. The second kappa shape index (κ2) is 4.02. The van der Waals surface area contributed by atoms with Crippen LogP contribution in [-0.2, 0) is 11.2 Å². The van der Waals surface area contributed by atoms with Crippen LogP contribution in [0.2, 0.25) is 0 Å². The Balaban J connectivity index is 2.06. The van der Waals surface area contributed by atoms with E-state index in [0.717, 1.165) is 22.9 Å². The first-order valence-electron chi connectivity index (χ1n) is 4.99. The van der Waals surface area contributed by atoms with Gasteiger partial charge in [-0.05, 0) is 40.4 Å². The molecule has 2 rings (SSSR count). The van der Waals surface area contributed by atoms with E-state index in [1.54, 1.807) is 12.4 Å². The highest BCUT2D eigenvalue weighted by atomic mass is 79.9. The first-order chi connectivity index (χ1) is 7.16. The number of hydrogen-bond acceptors (Lipinski definition) is 3. The minimum atomic E-state index is -0.206. The Hall–Kier alpha value is -0.740.